The van der Waals surface area contributed by atoms with Crippen LogP contribution in [-0.2, 0) is 26.3 Å². The molecule has 0 rings (SSSR count). The fourth-order valence-corrected chi connectivity index (χ4v) is 0. The van der Waals surface area contributed by atoms with Gasteiger partial charge in [-0.3, -0.25) is 0 Å². The first-order valence-electron chi connectivity index (χ1n) is 0.948. The van der Waals surface area contributed by atoms with Gasteiger partial charge in [-0.05, 0) is 0 Å². The Hall–Kier alpha value is 0.549. The van der Waals surface area contributed by atoms with E-state index >= 15 is 0 Å². The zero-order valence-corrected chi connectivity index (χ0v) is 5.66. The molecular formula is H6FeNO5P. The third kappa shape index (κ3) is 16.0. The van der Waals surface area contributed by atoms with Gasteiger partial charge in [-0.25, -0.2) is 9.82 Å². The van der Waals surface area contributed by atoms with Crippen LogP contribution in [0.25, 0.3) is 0 Å². The molecule has 0 bridgehead atoms. The smallest absolute Gasteiger partial charge is 0.344 e. The Morgan fingerprint density at radius 1 is 1.38 bits per heavy atom. The van der Waals surface area contributed by atoms with E-state index in [1.54, 1.807) is 0 Å². The maximum Gasteiger partial charge on any atom is 0.496 e. The topological polar surface area (TPSA) is 122 Å². The van der Waals surface area contributed by atoms with Crippen molar-refractivity contribution >= 4 is 7.82 Å². The third-order valence-electron chi connectivity index (χ3n) is 0.106. The molecule has 0 aliphatic rings. The summed E-state index contributed by atoms with van der Waals surface area (Å²) >= 11 is 0. The van der Waals surface area contributed by atoms with Crippen molar-refractivity contribution < 1.29 is 41.4 Å². The van der Waals surface area contributed by atoms with Crippen molar-refractivity contribution in [3.63, 3.8) is 0 Å². The van der Waals surface area contributed by atoms with Crippen LogP contribution in [0.3, 0.4) is 0 Å². The summed E-state index contributed by atoms with van der Waals surface area (Å²) in [5.74, 6) is 0. The van der Waals surface area contributed by atoms with Crippen LogP contribution in [-0.4, -0.2) is 15.0 Å². The van der Waals surface area contributed by atoms with Gasteiger partial charge < -0.3 is 15.9 Å². The quantitative estimate of drug-likeness (QED) is 0.194. The monoisotopic (exact) mass is 187 g/mol. The van der Waals surface area contributed by atoms with Crippen LogP contribution in [0.1, 0.15) is 0 Å². The SMILES string of the molecule is N.O=P(O)(O)OO.[Fe]. The molecule has 0 aliphatic heterocycles. The molecule has 0 aromatic heterocycles. The van der Waals surface area contributed by atoms with Crippen LogP contribution in [0.5, 0.6) is 0 Å². The summed E-state index contributed by atoms with van der Waals surface area (Å²) in [5, 5.41) is 7.14. The fraction of sp³-hybridized carbons (Fsp3) is 0. The van der Waals surface area contributed by atoms with E-state index in [1.165, 1.54) is 0 Å². The normalized spacial score (nSPS) is 8.88. The molecule has 0 aromatic rings. The Bertz CT molecular complexity index is 76.5. The Morgan fingerprint density at radius 3 is 1.50 bits per heavy atom. The average molecular weight is 187 g/mol. The first kappa shape index (κ1) is 15.8. The molecule has 54 valence electrons. The molecule has 0 aliphatic carbocycles. The second kappa shape index (κ2) is 5.68. The van der Waals surface area contributed by atoms with Gasteiger partial charge in [0.05, 0.1) is 0 Å². The van der Waals surface area contributed by atoms with E-state index in [0.717, 1.165) is 0 Å². The molecule has 0 fully saturated rings. The van der Waals surface area contributed by atoms with E-state index < -0.39 is 7.82 Å². The predicted octanol–water partition coefficient (Wildman–Crippen LogP) is -0.272. The van der Waals surface area contributed by atoms with Crippen molar-refractivity contribution in [2.75, 3.05) is 0 Å². The van der Waals surface area contributed by atoms with Gasteiger partial charge in [0.25, 0.3) is 0 Å². The van der Waals surface area contributed by atoms with E-state index in [2.05, 4.69) is 4.67 Å². The van der Waals surface area contributed by atoms with Crippen LogP contribution in [0.15, 0.2) is 0 Å². The minimum atomic E-state index is -4.59. The molecule has 0 amide bonds. The Kier molecular flexibility index (Phi) is 11.2. The number of hydrogen-bond donors (Lipinski definition) is 4. The van der Waals surface area contributed by atoms with Crippen molar-refractivity contribution in [3.05, 3.63) is 0 Å². The van der Waals surface area contributed by atoms with E-state index in [-0.39, 0.29) is 23.2 Å². The molecule has 0 saturated heterocycles. The number of rotatable bonds is 1. The van der Waals surface area contributed by atoms with Crippen LogP contribution in [0.4, 0.5) is 0 Å². The molecule has 0 radical (unpaired) electrons. The fourth-order valence-electron chi connectivity index (χ4n) is 0. The van der Waals surface area contributed by atoms with Gasteiger partial charge in [0.15, 0.2) is 0 Å². The van der Waals surface area contributed by atoms with Crippen molar-refractivity contribution in [1.29, 1.82) is 0 Å². The molecule has 8 heteroatoms. The molecule has 0 atom stereocenters. The molecule has 0 aromatic carbocycles. The Labute approximate surface area is 56.1 Å². The van der Waals surface area contributed by atoms with Gasteiger partial charge in [-0.15, -0.1) is 4.67 Å². The predicted molar refractivity (Wildman–Crippen MR) is 20.8 cm³/mol. The maximum atomic E-state index is 9.22. The molecule has 0 spiro atoms. The number of phosphoric acid groups is 1. The zero-order valence-electron chi connectivity index (χ0n) is 3.67. The summed E-state index contributed by atoms with van der Waals surface area (Å²) in [6, 6.07) is 0. The maximum absolute atomic E-state index is 9.22. The van der Waals surface area contributed by atoms with Gasteiger partial charge in [-0.2, -0.15) is 0 Å². The van der Waals surface area contributed by atoms with Gasteiger partial charge >= 0.3 is 7.82 Å². The molecule has 6 nitrogen and oxygen atoms in total. The van der Waals surface area contributed by atoms with Gasteiger partial charge in [-0.1, -0.05) is 0 Å². The third-order valence-corrected chi connectivity index (χ3v) is 0.319. The van der Waals surface area contributed by atoms with E-state index in [4.69, 9.17) is 15.0 Å². The first-order chi connectivity index (χ1) is 2.56. The molecular weight excluding hydrogens is 181 g/mol. The summed E-state index contributed by atoms with van der Waals surface area (Å²) in [4.78, 5) is 14.9. The Balaban J connectivity index is -0.000000125. The molecule has 0 heterocycles. The second-order valence-corrected chi connectivity index (χ2v) is 1.72. The van der Waals surface area contributed by atoms with Crippen molar-refractivity contribution in [2.45, 2.75) is 0 Å². The van der Waals surface area contributed by atoms with Crippen LogP contribution < -0.4 is 6.15 Å². The summed E-state index contributed by atoms with van der Waals surface area (Å²) in [5.41, 5.74) is 0. The standard InChI is InChI=1S/Fe.H3N.H3O5P/c;;1-5-6(2,3)4/h;1H3;1H,(H2,2,3,4). The van der Waals surface area contributed by atoms with Crippen LogP contribution in [0, 0.1) is 0 Å². The van der Waals surface area contributed by atoms with Crippen molar-refractivity contribution in [2.24, 2.45) is 0 Å². The minimum Gasteiger partial charge on any atom is -0.344 e. The summed E-state index contributed by atoms with van der Waals surface area (Å²) in [6.07, 6.45) is 0. The molecule has 0 unspecified atom stereocenters. The average Bonchev–Trinajstić information content (AvgIpc) is 1.35. The molecule has 6 N–H and O–H groups in total. The summed E-state index contributed by atoms with van der Waals surface area (Å²) in [7, 11) is -4.59. The minimum absolute atomic E-state index is 0. The van der Waals surface area contributed by atoms with E-state index in [1.807, 2.05) is 0 Å². The largest absolute Gasteiger partial charge is 0.496 e. The molecule has 0 saturated carbocycles. The number of hydrogen-bond acceptors (Lipinski definition) is 4. The van der Waals surface area contributed by atoms with E-state index in [9.17, 15) is 4.57 Å². The van der Waals surface area contributed by atoms with Crippen LogP contribution in [0.2, 0.25) is 0 Å². The van der Waals surface area contributed by atoms with Gasteiger partial charge in [0, 0.05) is 17.1 Å². The second-order valence-electron chi connectivity index (χ2n) is 0.572. The van der Waals surface area contributed by atoms with Crippen LogP contribution >= 0.6 is 7.82 Å². The summed E-state index contributed by atoms with van der Waals surface area (Å²) < 4.78 is 11.8. The van der Waals surface area contributed by atoms with Gasteiger partial charge in [0.1, 0.15) is 0 Å². The van der Waals surface area contributed by atoms with Crippen molar-refractivity contribution in [1.82, 2.24) is 6.15 Å². The molecule has 8 heavy (non-hydrogen) atoms. The zero-order chi connectivity index (χ0) is 5.21. The van der Waals surface area contributed by atoms with Gasteiger partial charge in [0.2, 0.25) is 0 Å². The Morgan fingerprint density at radius 2 is 1.50 bits per heavy atom. The summed E-state index contributed by atoms with van der Waals surface area (Å²) in [6.45, 7) is 0. The van der Waals surface area contributed by atoms with Crippen molar-refractivity contribution in [3.8, 4) is 0 Å². The van der Waals surface area contributed by atoms with E-state index in [0.29, 0.717) is 0 Å². The first-order valence-corrected chi connectivity index (χ1v) is 2.48.